The normalized spacial score (nSPS) is 20.8. The van der Waals surface area contributed by atoms with E-state index in [-0.39, 0.29) is 12.7 Å². The summed E-state index contributed by atoms with van der Waals surface area (Å²) in [6.07, 6.45) is 7.09. The summed E-state index contributed by atoms with van der Waals surface area (Å²) in [7, 11) is 0. The Morgan fingerprint density at radius 1 is 1.27 bits per heavy atom. The summed E-state index contributed by atoms with van der Waals surface area (Å²) in [5.41, 5.74) is 0. The molecule has 2 N–H and O–H groups in total. The van der Waals surface area contributed by atoms with Gasteiger partial charge in [0.05, 0.1) is 6.10 Å². The summed E-state index contributed by atoms with van der Waals surface area (Å²) in [5.74, 6) is 0. The van der Waals surface area contributed by atoms with Gasteiger partial charge in [0, 0.05) is 25.7 Å². The Kier molecular flexibility index (Phi) is 6.22. The van der Waals surface area contributed by atoms with E-state index >= 15 is 0 Å². The molecule has 3 nitrogen and oxygen atoms in total. The van der Waals surface area contributed by atoms with Crippen LogP contribution in [-0.2, 0) is 0 Å². The zero-order valence-electron chi connectivity index (χ0n) is 9.86. The number of nitrogens with zero attached hydrogens (tertiary/aromatic N) is 1. The number of hydrogen-bond donors (Lipinski definition) is 2. The van der Waals surface area contributed by atoms with Gasteiger partial charge in [-0.25, -0.2) is 0 Å². The first-order valence-electron chi connectivity index (χ1n) is 6.27. The van der Waals surface area contributed by atoms with Crippen molar-refractivity contribution in [2.45, 2.75) is 57.6 Å². The fourth-order valence-electron chi connectivity index (χ4n) is 2.48. The standard InChI is InChI=1S/C12H25NO2/c1-11(15)10-13(8-5-9-14)12-6-3-2-4-7-12/h11-12,14-15H,2-10H2,1H3. The molecule has 1 fully saturated rings. The Morgan fingerprint density at radius 2 is 1.93 bits per heavy atom. The molecule has 15 heavy (non-hydrogen) atoms. The van der Waals surface area contributed by atoms with Gasteiger partial charge in [-0.1, -0.05) is 19.3 Å². The van der Waals surface area contributed by atoms with Crippen LogP contribution in [0.15, 0.2) is 0 Å². The van der Waals surface area contributed by atoms with Crippen molar-refractivity contribution in [3.8, 4) is 0 Å². The molecule has 3 heteroatoms. The predicted molar refractivity (Wildman–Crippen MR) is 61.8 cm³/mol. The first kappa shape index (κ1) is 12.9. The number of rotatable bonds is 6. The lowest BCUT2D eigenvalue weighted by Crippen LogP contribution is -2.41. The highest BCUT2D eigenvalue weighted by Crippen LogP contribution is 2.22. The van der Waals surface area contributed by atoms with E-state index in [9.17, 15) is 5.11 Å². The molecule has 1 aliphatic carbocycles. The molecule has 1 rings (SSSR count). The van der Waals surface area contributed by atoms with Crippen LogP contribution in [0.2, 0.25) is 0 Å². The minimum absolute atomic E-state index is 0.253. The van der Waals surface area contributed by atoms with E-state index in [2.05, 4.69) is 4.90 Å². The first-order chi connectivity index (χ1) is 7.24. The Labute approximate surface area is 93.1 Å². The summed E-state index contributed by atoms with van der Waals surface area (Å²) in [6.45, 7) is 3.77. The Balaban J connectivity index is 2.37. The molecule has 1 saturated carbocycles. The Bertz CT molecular complexity index is 156. The first-order valence-corrected chi connectivity index (χ1v) is 6.27. The van der Waals surface area contributed by atoms with Gasteiger partial charge in [0.15, 0.2) is 0 Å². The van der Waals surface area contributed by atoms with Crippen molar-refractivity contribution in [1.82, 2.24) is 4.90 Å². The van der Waals surface area contributed by atoms with Crippen LogP contribution in [0.4, 0.5) is 0 Å². The van der Waals surface area contributed by atoms with Gasteiger partial charge >= 0.3 is 0 Å². The summed E-state index contributed by atoms with van der Waals surface area (Å²) in [5, 5.41) is 18.3. The van der Waals surface area contributed by atoms with Gasteiger partial charge < -0.3 is 10.2 Å². The maximum atomic E-state index is 9.45. The van der Waals surface area contributed by atoms with Gasteiger partial charge in [-0.2, -0.15) is 0 Å². The Morgan fingerprint density at radius 3 is 2.47 bits per heavy atom. The van der Waals surface area contributed by atoms with Crippen LogP contribution >= 0.6 is 0 Å². The molecule has 0 radical (unpaired) electrons. The monoisotopic (exact) mass is 215 g/mol. The summed E-state index contributed by atoms with van der Waals surface area (Å²) < 4.78 is 0. The topological polar surface area (TPSA) is 43.7 Å². The van der Waals surface area contributed by atoms with E-state index in [0.717, 1.165) is 19.5 Å². The van der Waals surface area contributed by atoms with Crippen LogP contribution in [0.25, 0.3) is 0 Å². The molecule has 0 aromatic heterocycles. The van der Waals surface area contributed by atoms with Gasteiger partial charge in [-0.15, -0.1) is 0 Å². The number of hydrogen-bond acceptors (Lipinski definition) is 3. The van der Waals surface area contributed by atoms with Gasteiger partial charge in [0.25, 0.3) is 0 Å². The molecule has 90 valence electrons. The summed E-state index contributed by atoms with van der Waals surface area (Å²) in [6, 6.07) is 0.639. The van der Waals surface area contributed by atoms with Crippen molar-refractivity contribution in [2.75, 3.05) is 19.7 Å². The summed E-state index contributed by atoms with van der Waals surface area (Å²) in [4.78, 5) is 2.36. The molecule has 0 spiro atoms. The van der Waals surface area contributed by atoms with Crippen molar-refractivity contribution in [3.63, 3.8) is 0 Å². The lowest BCUT2D eigenvalue weighted by molar-refractivity contribution is 0.0770. The van der Waals surface area contributed by atoms with Crippen LogP contribution in [0.3, 0.4) is 0 Å². The van der Waals surface area contributed by atoms with Crippen LogP contribution in [0.5, 0.6) is 0 Å². The van der Waals surface area contributed by atoms with E-state index in [1.807, 2.05) is 6.92 Å². The third kappa shape index (κ3) is 4.96. The maximum absolute atomic E-state index is 9.45. The molecule has 1 aliphatic rings. The van der Waals surface area contributed by atoms with E-state index in [0.29, 0.717) is 6.04 Å². The Hall–Kier alpha value is -0.120. The molecule has 0 aromatic carbocycles. The van der Waals surface area contributed by atoms with Gasteiger partial charge in [-0.05, 0) is 26.2 Å². The van der Waals surface area contributed by atoms with E-state index in [1.165, 1.54) is 32.1 Å². The van der Waals surface area contributed by atoms with Gasteiger partial charge in [0.2, 0.25) is 0 Å². The van der Waals surface area contributed by atoms with Crippen LogP contribution in [-0.4, -0.2) is 47.0 Å². The minimum Gasteiger partial charge on any atom is -0.396 e. The SMILES string of the molecule is CC(O)CN(CCCO)C1CCCCC1. The largest absolute Gasteiger partial charge is 0.396 e. The second-order valence-corrected chi connectivity index (χ2v) is 4.71. The van der Waals surface area contributed by atoms with Gasteiger partial charge in [0.1, 0.15) is 0 Å². The molecular formula is C12H25NO2. The smallest absolute Gasteiger partial charge is 0.0639 e. The van der Waals surface area contributed by atoms with Crippen molar-refractivity contribution in [3.05, 3.63) is 0 Å². The van der Waals surface area contributed by atoms with Crippen molar-refractivity contribution in [1.29, 1.82) is 0 Å². The maximum Gasteiger partial charge on any atom is 0.0639 e. The van der Waals surface area contributed by atoms with E-state index in [4.69, 9.17) is 5.11 Å². The average molecular weight is 215 g/mol. The van der Waals surface area contributed by atoms with E-state index in [1.54, 1.807) is 0 Å². The average Bonchev–Trinajstić information content (AvgIpc) is 2.25. The van der Waals surface area contributed by atoms with Crippen molar-refractivity contribution >= 4 is 0 Å². The van der Waals surface area contributed by atoms with E-state index < -0.39 is 0 Å². The zero-order chi connectivity index (χ0) is 11.1. The second-order valence-electron chi connectivity index (χ2n) is 4.71. The molecule has 0 aliphatic heterocycles. The third-order valence-electron chi connectivity index (χ3n) is 3.19. The second kappa shape index (κ2) is 7.20. The van der Waals surface area contributed by atoms with Crippen LogP contribution in [0, 0.1) is 0 Å². The van der Waals surface area contributed by atoms with Crippen LogP contribution in [0.1, 0.15) is 45.4 Å². The number of aliphatic hydroxyl groups excluding tert-OH is 2. The van der Waals surface area contributed by atoms with Gasteiger partial charge in [-0.3, -0.25) is 4.90 Å². The minimum atomic E-state index is -0.259. The summed E-state index contributed by atoms with van der Waals surface area (Å²) >= 11 is 0. The molecule has 1 atom stereocenters. The molecule has 0 amide bonds. The third-order valence-corrected chi connectivity index (χ3v) is 3.19. The highest BCUT2D eigenvalue weighted by molar-refractivity contribution is 4.76. The molecule has 0 bridgehead atoms. The highest BCUT2D eigenvalue weighted by Gasteiger charge is 2.21. The fourth-order valence-corrected chi connectivity index (χ4v) is 2.48. The van der Waals surface area contributed by atoms with Crippen molar-refractivity contribution < 1.29 is 10.2 Å². The molecule has 1 unspecified atom stereocenters. The molecule has 0 saturated heterocycles. The lowest BCUT2D eigenvalue weighted by atomic mass is 9.94. The zero-order valence-corrected chi connectivity index (χ0v) is 9.86. The fraction of sp³-hybridized carbons (Fsp3) is 1.00. The van der Waals surface area contributed by atoms with Crippen molar-refractivity contribution in [2.24, 2.45) is 0 Å². The highest BCUT2D eigenvalue weighted by atomic mass is 16.3. The predicted octanol–water partition coefficient (Wildman–Crippen LogP) is 1.38. The molecule has 0 heterocycles. The lowest BCUT2D eigenvalue weighted by Gasteiger charge is -2.35. The number of aliphatic hydroxyl groups is 2. The quantitative estimate of drug-likeness (QED) is 0.703. The van der Waals surface area contributed by atoms with Crippen LogP contribution < -0.4 is 0 Å². The molecule has 0 aromatic rings. The molecular weight excluding hydrogens is 190 g/mol.